The third-order valence-corrected chi connectivity index (χ3v) is 5.53. The zero-order valence-electron chi connectivity index (χ0n) is 16.9. The number of imidazole rings is 1. The number of amides is 2. The predicted octanol–water partition coefficient (Wildman–Crippen LogP) is 3.85. The fourth-order valence-electron chi connectivity index (χ4n) is 3.61. The molecule has 2 aromatic carbocycles. The number of fused-ring (bicyclic) bond motifs is 1. The van der Waals surface area contributed by atoms with Crippen LogP contribution < -0.4 is 10.2 Å². The Bertz CT molecular complexity index is 1090. The number of alkyl halides is 3. The first-order chi connectivity index (χ1) is 14.6. The normalized spacial score (nSPS) is 19.1. The Balaban J connectivity index is 1.36. The van der Waals surface area contributed by atoms with Crippen LogP contribution in [0.15, 0.2) is 48.5 Å². The Morgan fingerprint density at radius 2 is 1.84 bits per heavy atom. The van der Waals surface area contributed by atoms with E-state index >= 15 is 0 Å². The van der Waals surface area contributed by atoms with Gasteiger partial charge in [-0.1, -0.05) is 12.1 Å². The molecular formula is C22H21F3N4O2. The lowest BCUT2D eigenvalue weighted by Crippen LogP contribution is -2.46. The van der Waals surface area contributed by atoms with Crippen molar-refractivity contribution < 1.29 is 22.8 Å². The van der Waals surface area contributed by atoms with E-state index in [2.05, 4.69) is 15.3 Å². The van der Waals surface area contributed by atoms with Gasteiger partial charge < -0.3 is 15.2 Å². The van der Waals surface area contributed by atoms with Gasteiger partial charge in [0.25, 0.3) is 0 Å². The summed E-state index contributed by atoms with van der Waals surface area (Å²) in [4.78, 5) is 34.2. The maximum atomic E-state index is 12.7. The van der Waals surface area contributed by atoms with E-state index in [1.165, 1.54) is 24.1 Å². The minimum absolute atomic E-state index is 0.0256. The van der Waals surface area contributed by atoms with Crippen LogP contribution in [0.4, 0.5) is 18.9 Å². The first kappa shape index (κ1) is 20.9. The summed E-state index contributed by atoms with van der Waals surface area (Å²) in [6, 6.07) is 11.1. The highest BCUT2D eigenvalue weighted by atomic mass is 19.4. The Labute approximate surface area is 176 Å². The highest BCUT2D eigenvalue weighted by molar-refractivity contribution is 5.99. The van der Waals surface area contributed by atoms with Crippen molar-refractivity contribution in [3.63, 3.8) is 0 Å². The lowest BCUT2D eigenvalue weighted by Gasteiger charge is -2.22. The summed E-state index contributed by atoms with van der Waals surface area (Å²) in [6.45, 7) is 1.55. The number of nitrogens with zero attached hydrogens (tertiary/aromatic N) is 2. The molecule has 1 heterocycles. The predicted molar refractivity (Wildman–Crippen MR) is 109 cm³/mol. The van der Waals surface area contributed by atoms with Gasteiger partial charge in [-0.3, -0.25) is 9.59 Å². The lowest BCUT2D eigenvalue weighted by atomic mass is 10.1. The van der Waals surface area contributed by atoms with E-state index in [1.54, 1.807) is 6.92 Å². The summed E-state index contributed by atoms with van der Waals surface area (Å²) in [5.41, 5.74) is 1.27. The van der Waals surface area contributed by atoms with Crippen molar-refractivity contribution in [2.75, 3.05) is 11.9 Å². The van der Waals surface area contributed by atoms with Gasteiger partial charge in [0.05, 0.1) is 16.6 Å². The minimum atomic E-state index is -4.44. The van der Waals surface area contributed by atoms with Gasteiger partial charge in [0.2, 0.25) is 11.8 Å². The third-order valence-electron chi connectivity index (χ3n) is 5.53. The highest BCUT2D eigenvalue weighted by Crippen LogP contribution is 2.46. The van der Waals surface area contributed by atoms with E-state index in [1.807, 2.05) is 24.3 Å². The average molecular weight is 430 g/mol. The second-order valence-corrected chi connectivity index (χ2v) is 7.76. The largest absolute Gasteiger partial charge is 0.416 e. The summed E-state index contributed by atoms with van der Waals surface area (Å²) < 4.78 is 38.1. The highest BCUT2D eigenvalue weighted by Gasteiger charge is 2.46. The van der Waals surface area contributed by atoms with E-state index in [0.29, 0.717) is 12.1 Å². The van der Waals surface area contributed by atoms with Crippen molar-refractivity contribution in [1.29, 1.82) is 0 Å². The van der Waals surface area contributed by atoms with Gasteiger partial charge in [-0.2, -0.15) is 13.2 Å². The zero-order chi connectivity index (χ0) is 22.3. The summed E-state index contributed by atoms with van der Waals surface area (Å²) >= 11 is 0. The Morgan fingerprint density at radius 3 is 2.48 bits per heavy atom. The quantitative estimate of drug-likeness (QED) is 0.646. The minimum Gasteiger partial charge on any atom is -0.344 e. The van der Waals surface area contributed by atoms with Crippen molar-refractivity contribution in [1.82, 2.24) is 15.3 Å². The van der Waals surface area contributed by atoms with E-state index in [-0.39, 0.29) is 17.7 Å². The number of aromatic nitrogens is 2. The summed E-state index contributed by atoms with van der Waals surface area (Å²) in [5.74, 6) is -0.210. The number of carbonyl (C=O) groups is 2. The molecular weight excluding hydrogens is 409 g/mol. The smallest absolute Gasteiger partial charge is 0.344 e. The van der Waals surface area contributed by atoms with Gasteiger partial charge in [-0.05, 0) is 49.7 Å². The molecule has 2 N–H and O–H groups in total. The van der Waals surface area contributed by atoms with Crippen LogP contribution in [0.1, 0.15) is 30.7 Å². The maximum Gasteiger partial charge on any atom is 0.416 e. The molecule has 3 aromatic rings. The number of hydrogen-bond donors (Lipinski definition) is 2. The van der Waals surface area contributed by atoms with Crippen molar-refractivity contribution >= 4 is 28.5 Å². The molecule has 0 radical (unpaired) electrons. The molecule has 162 valence electrons. The van der Waals surface area contributed by atoms with Crippen LogP contribution in [0.2, 0.25) is 0 Å². The van der Waals surface area contributed by atoms with Crippen molar-refractivity contribution in [3.05, 3.63) is 59.9 Å². The van der Waals surface area contributed by atoms with Crippen LogP contribution in [0.3, 0.4) is 0 Å². The number of H-pyrrole nitrogens is 1. The molecule has 1 aliphatic carbocycles. The molecule has 0 spiro atoms. The molecule has 1 aliphatic rings. The monoisotopic (exact) mass is 430 g/mol. The fraction of sp³-hybridized carbons (Fsp3) is 0.318. The number of carbonyl (C=O) groups excluding carboxylic acids is 2. The molecule has 0 bridgehead atoms. The topological polar surface area (TPSA) is 78.1 Å². The van der Waals surface area contributed by atoms with Gasteiger partial charge >= 0.3 is 6.18 Å². The number of hydrogen-bond acceptors (Lipinski definition) is 3. The lowest BCUT2D eigenvalue weighted by molar-refractivity contribution is -0.137. The first-order valence-corrected chi connectivity index (χ1v) is 9.85. The molecule has 1 aromatic heterocycles. The van der Waals surface area contributed by atoms with E-state index in [9.17, 15) is 22.8 Å². The second kappa shape index (κ2) is 7.72. The molecule has 31 heavy (non-hydrogen) atoms. The Kier molecular flexibility index (Phi) is 5.20. The van der Waals surface area contributed by atoms with Crippen LogP contribution in [-0.4, -0.2) is 34.9 Å². The molecule has 0 aliphatic heterocycles. The fourth-order valence-corrected chi connectivity index (χ4v) is 3.61. The third kappa shape index (κ3) is 4.26. The molecule has 1 saturated carbocycles. The Morgan fingerprint density at radius 1 is 1.16 bits per heavy atom. The molecule has 0 saturated heterocycles. The van der Waals surface area contributed by atoms with E-state index < -0.39 is 23.7 Å². The number of halogens is 3. The first-order valence-electron chi connectivity index (χ1n) is 9.85. The van der Waals surface area contributed by atoms with Crippen LogP contribution in [0.5, 0.6) is 0 Å². The number of nitrogens with one attached hydrogen (secondary N) is 2. The average Bonchev–Trinajstić information content (AvgIpc) is 3.43. The van der Waals surface area contributed by atoms with Crippen molar-refractivity contribution in [2.24, 2.45) is 5.92 Å². The van der Waals surface area contributed by atoms with Crippen LogP contribution in [0.25, 0.3) is 11.0 Å². The number of para-hydroxylation sites is 2. The molecule has 3 unspecified atom stereocenters. The summed E-state index contributed by atoms with van der Waals surface area (Å²) in [7, 11) is 1.46. The number of aromatic amines is 1. The summed E-state index contributed by atoms with van der Waals surface area (Å²) in [6.07, 6.45) is -3.80. The molecule has 2 amide bonds. The van der Waals surface area contributed by atoms with Crippen LogP contribution >= 0.6 is 0 Å². The van der Waals surface area contributed by atoms with Crippen molar-refractivity contribution in [2.45, 2.75) is 31.5 Å². The van der Waals surface area contributed by atoms with Crippen molar-refractivity contribution in [3.8, 4) is 0 Å². The number of likely N-dealkylation sites (N-methyl/N-ethyl adjacent to an activating group) is 1. The number of rotatable bonds is 5. The number of benzene rings is 2. The van der Waals surface area contributed by atoms with E-state index in [0.717, 1.165) is 29.0 Å². The molecule has 4 rings (SSSR count). The van der Waals surface area contributed by atoms with Crippen LogP contribution in [-0.2, 0) is 15.8 Å². The second-order valence-electron chi connectivity index (χ2n) is 7.76. The Hall–Kier alpha value is -3.36. The van der Waals surface area contributed by atoms with Crippen LogP contribution in [0, 0.1) is 5.92 Å². The van der Waals surface area contributed by atoms with Gasteiger partial charge in [0.1, 0.15) is 11.9 Å². The molecule has 9 heteroatoms. The van der Waals surface area contributed by atoms with Gasteiger partial charge in [-0.25, -0.2) is 4.98 Å². The van der Waals surface area contributed by atoms with E-state index in [4.69, 9.17) is 0 Å². The number of anilines is 1. The SMILES string of the molecule is CC(NC(=O)C1CC1c1nc2ccccc2[nH]1)C(=O)N(C)c1ccc(C(F)(F)F)cc1. The van der Waals surface area contributed by atoms with Gasteiger partial charge in [0.15, 0.2) is 0 Å². The van der Waals surface area contributed by atoms with Gasteiger partial charge in [-0.15, -0.1) is 0 Å². The maximum absolute atomic E-state index is 12.7. The molecule has 6 nitrogen and oxygen atoms in total. The molecule has 3 atom stereocenters. The standard InChI is InChI=1S/C22H21F3N4O2/c1-12(21(31)29(2)14-9-7-13(8-10-14)22(23,24)25)26-20(30)16-11-15(16)19-27-17-5-3-4-6-18(17)28-19/h3-10,12,15-16H,11H2,1-2H3,(H,26,30)(H,27,28). The zero-order valence-corrected chi connectivity index (χ0v) is 16.9. The molecule has 1 fully saturated rings. The van der Waals surface area contributed by atoms with Gasteiger partial charge in [0, 0.05) is 24.6 Å². The summed E-state index contributed by atoms with van der Waals surface area (Å²) in [5, 5.41) is 2.71.